The van der Waals surface area contributed by atoms with Gasteiger partial charge in [0.2, 0.25) is 0 Å². The number of nitrogens with two attached hydrogens (primary N) is 2. The van der Waals surface area contributed by atoms with Gasteiger partial charge in [-0.15, -0.1) is 0 Å². The summed E-state index contributed by atoms with van der Waals surface area (Å²) in [7, 11) is 3.78. The highest BCUT2D eigenvalue weighted by Crippen LogP contribution is 2.27. The molecule has 0 radical (unpaired) electrons. The minimum atomic E-state index is 0.359. The Hall–Kier alpha value is -1.17. The molecule has 0 aliphatic rings. The molecular weight excluding hydrogens is 222 g/mol. The maximum absolute atomic E-state index is 5.81. The van der Waals surface area contributed by atoms with Gasteiger partial charge in [0, 0.05) is 19.8 Å². The van der Waals surface area contributed by atoms with Gasteiger partial charge >= 0.3 is 0 Å². The van der Waals surface area contributed by atoms with Crippen molar-refractivity contribution in [3.05, 3.63) is 0 Å². The quantitative estimate of drug-likeness (QED) is 0.463. The third-order valence-corrected chi connectivity index (χ3v) is 3.02. The summed E-state index contributed by atoms with van der Waals surface area (Å²) in [4.78, 5) is 10.4. The van der Waals surface area contributed by atoms with Crippen LogP contribution in [0.4, 0.5) is 17.3 Å². The lowest BCUT2D eigenvalue weighted by Gasteiger charge is -2.15. The molecule has 0 aliphatic heterocycles. The molecule has 1 rings (SSSR count). The predicted molar refractivity (Wildman–Crippen MR) is 70.8 cm³/mol. The second-order valence-corrected chi connectivity index (χ2v) is 4.79. The van der Waals surface area contributed by atoms with Gasteiger partial charge in [-0.2, -0.15) is 0 Å². The zero-order valence-corrected chi connectivity index (χ0v) is 10.8. The van der Waals surface area contributed by atoms with E-state index in [1.165, 1.54) is 0 Å². The van der Waals surface area contributed by atoms with Gasteiger partial charge in [-0.05, 0) is 6.42 Å². The van der Waals surface area contributed by atoms with Gasteiger partial charge in [0.25, 0.3) is 0 Å². The van der Waals surface area contributed by atoms with E-state index < -0.39 is 0 Å². The maximum atomic E-state index is 5.81. The summed E-state index contributed by atoms with van der Waals surface area (Å²) < 4.78 is 0. The van der Waals surface area contributed by atoms with Crippen molar-refractivity contribution >= 4 is 29.1 Å². The predicted octanol–water partition coefficient (Wildman–Crippen LogP) is 1.60. The Morgan fingerprint density at radius 2 is 1.94 bits per heavy atom. The summed E-state index contributed by atoms with van der Waals surface area (Å²) in [6.45, 7) is 2.16. The first kappa shape index (κ1) is 12.9. The zero-order valence-electron chi connectivity index (χ0n) is 10.0. The van der Waals surface area contributed by atoms with Crippen LogP contribution in [0, 0.1) is 0 Å². The van der Waals surface area contributed by atoms with Crippen molar-refractivity contribution in [3.63, 3.8) is 0 Å². The van der Waals surface area contributed by atoms with Crippen molar-refractivity contribution in [2.24, 2.45) is 0 Å². The second-order valence-electron chi connectivity index (χ2n) is 3.73. The number of rotatable bonds is 5. The Morgan fingerprint density at radius 1 is 1.25 bits per heavy atom. The van der Waals surface area contributed by atoms with Gasteiger partial charge in [0.05, 0.1) is 0 Å². The summed E-state index contributed by atoms with van der Waals surface area (Å²) in [5.74, 6) is 2.05. The van der Waals surface area contributed by atoms with E-state index in [-0.39, 0.29) is 0 Å². The molecule has 0 aromatic carbocycles. The van der Waals surface area contributed by atoms with Gasteiger partial charge in [0.15, 0.2) is 16.8 Å². The molecule has 0 atom stereocenters. The third-order valence-electron chi connectivity index (χ3n) is 2.09. The van der Waals surface area contributed by atoms with E-state index in [2.05, 4.69) is 16.9 Å². The van der Waals surface area contributed by atoms with Gasteiger partial charge < -0.3 is 16.4 Å². The lowest BCUT2D eigenvalue weighted by molar-refractivity contribution is 0.886. The molecule has 90 valence electrons. The van der Waals surface area contributed by atoms with Crippen LogP contribution in [0.1, 0.15) is 19.8 Å². The summed E-state index contributed by atoms with van der Waals surface area (Å²) in [5.41, 5.74) is 12.0. The summed E-state index contributed by atoms with van der Waals surface area (Å²) in [5, 5.41) is 0.698. The molecule has 4 N–H and O–H groups in total. The number of nitrogen functional groups attached to an aromatic ring is 2. The molecule has 1 aromatic heterocycles. The monoisotopic (exact) mass is 241 g/mol. The van der Waals surface area contributed by atoms with E-state index in [0.717, 1.165) is 18.6 Å². The fourth-order valence-electron chi connectivity index (χ4n) is 1.17. The van der Waals surface area contributed by atoms with Crippen molar-refractivity contribution in [2.75, 3.05) is 36.2 Å². The summed E-state index contributed by atoms with van der Waals surface area (Å²) in [6.07, 6.45) is 2.31. The van der Waals surface area contributed by atoms with Crippen LogP contribution in [-0.2, 0) is 0 Å². The lowest BCUT2D eigenvalue weighted by atomic mass is 10.4. The number of aromatic nitrogens is 2. The van der Waals surface area contributed by atoms with Crippen molar-refractivity contribution in [3.8, 4) is 0 Å². The zero-order chi connectivity index (χ0) is 12.1. The highest BCUT2D eigenvalue weighted by Gasteiger charge is 2.11. The molecule has 0 spiro atoms. The summed E-state index contributed by atoms with van der Waals surface area (Å²) in [6, 6.07) is 0. The van der Waals surface area contributed by atoms with Crippen LogP contribution in [0.15, 0.2) is 5.16 Å². The normalized spacial score (nSPS) is 10.4. The first-order chi connectivity index (χ1) is 7.56. The molecule has 16 heavy (non-hydrogen) atoms. The Labute approximate surface area is 101 Å². The highest BCUT2D eigenvalue weighted by atomic mass is 32.2. The summed E-state index contributed by atoms with van der Waals surface area (Å²) >= 11 is 1.61. The molecule has 0 bridgehead atoms. The molecule has 0 saturated carbocycles. The van der Waals surface area contributed by atoms with Crippen molar-refractivity contribution in [2.45, 2.75) is 24.9 Å². The maximum Gasteiger partial charge on any atom is 0.191 e. The number of anilines is 3. The smallest absolute Gasteiger partial charge is 0.191 e. The standard InChI is InChI=1S/C10H19N5S/c1-4-5-6-16-10-13-8(12)7(11)9(14-10)15(2)3/h4-6,11H2,1-3H3,(H2,12,13,14). The Bertz CT molecular complexity index is 353. The molecular formula is C10H19N5S. The average molecular weight is 241 g/mol. The topological polar surface area (TPSA) is 81.1 Å². The fraction of sp³-hybridized carbons (Fsp3) is 0.600. The molecule has 1 aromatic rings. The van der Waals surface area contributed by atoms with Crippen LogP contribution in [0.25, 0.3) is 0 Å². The van der Waals surface area contributed by atoms with Crippen LogP contribution in [-0.4, -0.2) is 29.8 Å². The second kappa shape index (κ2) is 5.79. The SMILES string of the molecule is CCCCSc1nc(N)c(N)c(N(C)C)n1. The van der Waals surface area contributed by atoms with E-state index in [0.29, 0.717) is 22.5 Å². The Kier molecular flexibility index (Phi) is 4.67. The number of hydrogen-bond acceptors (Lipinski definition) is 6. The first-order valence-corrected chi connectivity index (χ1v) is 6.28. The third kappa shape index (κ3) is 3.16. The molecule has 0 aliphatic carbocycles. The fourth-order valence-corrected chi connectivity index (χ4v) is 2.10. The average Bonchev–Trinajstić information content (AvgIpc) is 2.23. The van der Waals surface area contributed by atoms with Crippen LogP contribution in [0.3, 0.4) is 0 Å². The van der Waals surface area contributed by atoms with E-state index >= 15 is 0 Å². The van der Waals surface area contributed by atoms with Gasteiger partial charge in [0.1, 0.15) is 5.69 Å². The molecule has 5 nitrogen and oxygen atoms in total. The van der Waals surface area contributed by atoms with Gasteiger partial charge in [-0.1, -0.05) is 25.1 Å². The van der Waals surface area contributed by atoms with E-state index in [1.54, 1.807) is 11.8 Å². The van der Waals surface area contributed by atoms with Crippen LogP contribution >= 0.6 is 11.8 Å². The molecule has 0 fully saturated rings. The molecule has 6 heteroatoms. The minimum Gasteiger partial charge on any atom is -0.393 e. The van der Waals surface area contributed by atoms with E-state index in [1.807, 2.05) is 19.0 Å². The number of thioether (sulfide) groups is 1. The minimum absolute atomic E-state index is 0.359. The van der Waals surface area contributed by atoms with Crippen LogP contribution in [0.5, 0.6) is 0 Å². The van der Waals surface area contributed by atoms with Gasteiger partial charge in [-0.25, -0.2) is 9.97 Å². The van der Waals surface area contributed by atoms with Crippen molar-refractivity contribution in [1.82, 2.24) is 9.97 Å². The van der Waals surface area contributed by atoms with E-state index in [4.69, 9.17) is 11.5 Å². The molecule has 0 saturated heterocycles. The molecule has 0 amide bonds. The largest absolute Gasteiger partial charge is 0.393 e. The molecule has 1 heterocycles. The number of nitrogens with zero attached hydrogens (tertiary/aromatic N) is 3. The number of hydrogen-bond donors (Lipinski definition) is 2. The number of unbranched alkanes of at least 4 members (excludes halogenated alkanes) is 1. The van der Waals surface area contributed by atoms with Crippen LogP contribution in [0.2, 0.25) is 0 Å². The molecule has 0 unspecified atom stereocenters. The van der Waals surface area contributed by atoms with Crippen molar-refractivity contribution in [1.29, 1.82) is 0 Å². The highest BCUT2D eigenvalue weighted by molar-refractivity contribution is 7.99. The van der Waals surface area contributed by atoms with Crippen LogP contribution < -0.4 is 16.4 Å². The van der Waals surface area contributed by atoms with E-state index in [9.17, 15) is 0 Å². The Balaban J connectivity index is 2.86. The lowest BCUT2D eigenvalue weighted by Crippen LogP contribution is -2.15. The van der Waals surface area contributed by atoms with Gasteiger partial charge in [-0.3, -0.25) is 0 Å². The Morgan fingerprint density at radius 3 is 2.50 bits per heavy atom. The first-order valence-electron chi connectivity index (χ1n) is 5.29. The van der Waals surface area contributed by atoms with Crippen molar-refractivity contribution < 1.29 is 0 Å².